The van der Waals surface area contributed by atoms with Crippen molar-refractivity contribution in [2.45, 2.75) is 55.2 Å². The number of ether oxygens (including phenoxy) is 4. The molecule has 4 N–H and O–H groups in total. The Labute approximate surface area is 157 Å². The highest BCUT2D eigenvalue weighted by Gasteiger charge is 2.64. The van der Waals surface area contributed by atoms with Crippen LogP contribution in [0.3, 0.4) is 0 Å². The third kappa shape index (κ3) is 4.55. The number of aliphatic hydroxyl groups is 1. The molecule has 5 unspecified atom stereocenters. The van der Waals surface area contributed by atoms with Gasteiger partial charge in [0.2, 0.25) is 10.8 Å². The molecular formula is C13H18Cl2O11. The van der Waals surface area contributed by atoms with E-state index < -0.39 is 45.4 Å². The number of epoxide rings is 1. The Morgan fingerprint density at radius 2 is 1.27 bits per heavy atom. The minimum absolute atomic E-state index is 0.270. The molecule has 0 aromatic rings. The van der Waals surface area contributed by atoms with E-state index >= 15 is 0 Å². The standard InChI is InChI=1S/C13H18Cl2O11/c1-9(14,6(16)17)24-10(2,7(18)19)25-11(3,8(20)21)26-12(4,15)13(22)5-23-13/h22H,5H2,1-4H3,(H,16,17)(H,18,19)(H,20,21). The predicted molar refractivity (Wildman–Crippen MR) is 82.4 cm³/mol. The van der Waals surface area contributed by atoms with Crippen LogP contribution in [0.5, 0.6) is 0 Å². The van der Waals surface area contributed by atoms with E-state index in [9.17, 15) is 29.7 Å². The smallest absolute Gasteiger partial charge is 0.364 e. The Morgan fingerprint density at radius 3 is 1.58 bits per heavy atom. The van der Waals surface area contributed by atoms with Crippen LogP contribution in [0.15, 0.2) is 0 Å². The van der Waals surface area contributed by atoms with Crippen molar-refractivity contribution in [3.63, 3.8) is 0 Å². The lowest BCUT2D eigenvalue weighted by Crippen LogP contribution is -2.59. The first-order valence-corrected chi connectivity index (χ1v) is 7.71. The maximum atomic E-state index is 11.6. The van der Waals surface area contributed by atoms with Gasteiger partial charge in [0.05, 0.1) is 0 Å². The first kappa shape index (κ1) is 22.8. The number of halogens is 2. The van der Waals surface area contributed by atoms with Crippen molar-refractivity contribution in [3.8, 4) is 0 Å². The van der Waals surface area contributed by atoms with Crippen LogP contribution in [0.2, 0.25) is 0 Å². The van der Waals surface area contributed by atoms with Crippen molar-refractivity contribution in [1.29, 1.82) is 0 Å². The minimum atomic E-state index is -2.89. The average molecular weight is 421 g/mol. The molecule has 1 heterocycles. The largest absolute Gasteiger partial charge is 0.478 e. The zero-order chi connectivity index (χ0) is 20.8. The summed E-state index contributed by atoms with van der Waals surface area (Å²) in [5, 5.41) is 32.9. The van der Waals surface area contributed by atoms with E-state index in [-0.39, 0.29) is 6.61 Å². The summed E-state index contributed by atoms with van der Waals surface area (Å²) in [7, 11) is 0. The monoisotopic (exact) mass is 420 g/mol. The third-order valence-electron chi connectivity index (χ3n) is 3.44. The fourth-order valence-electron chi connectivity index (χ4n) is 1.77. The molecule has 0 aromatic heterocycles. The van der Waals surface area contributed by atoms with Gasteiger partial charge in [-0.1, -0.05) is 23.2 Å². The maximum absolute atomic E-state index is 11.6. The number of hydrogen-bond acceptors (Lipinski definition) is 8. The van der Waals surface area contributed by atoms with E-state index in [1.807, 2.05) is 0 Å². The van der Waals surface area contributed by atoms with Crippen LogP contribution in [0, 0.1) is 0 Å². The highest BCUT2D eigenvalue weighted by molar-refractivity contribution is 6.32. The highest BCUT2D eigenvalue weighted by Crippen LogP contribution is 2.44. The van der Waals surface area contributed by atoms with Gasteiger partial charge in [-0.3, -0.25) is 4.74 Å². The molecule has 1 aliphatic heterocycles. The van der Waals surface area contributed by atoms with Crippen LogP contribution in [0.1, 0.15) is 27.7 Å². The molecule has 0 aromatic carbocycles. The predicted octanol–water partition coefficient (Wildman–Crippen LogP) is 0.351. The summed E-state index contributed by atoms with van der Waals surface area (Å²) in [6.45, 7) is 3.10. The topological polar surface area (TPSA) is 172 Å². The Kier molecular flexibility index (Phi) is 5.93. The van der Waals surface area contributed by atoms with Crippen LogP contribution in [0.4, 0.5) is 0 Å². The fraction of sp³-hybridized carbons (Fsp3) is 0.769. The molecule has 1 fully saturated rings. The summed E-state index contributed by atoms with van der Waals surface area (Å²) < 4.78 is 19.5. The van der Waals surface area contributed by atoms with Gasteiger partial charge in [0.25, 0.3) is 11.6 Å². The number of carbonyl (C=O) groups is 3. The van der Waals surface area contributed by atoms with Crippen LogP contribution in [-0.4, -0.2) is 72.4 Å². The average Bonchev–Trinajstić information content (AvgIpc) is 3.16. The van der Waals surface area contributed by atoms with Gasteiger partial charge in [0.1, 0.15) is 6.61 Å². The van der Waals surface area contributed by atoms with Crippen molar-refractivity contribution in [3.05, 3.63) is 0 Å². The van der Waals surface area contributed by atoms with E-state index in [2.05, 4.69) is 4.74 Å². The number of aliphatic carboxylic acids is 3. The van der Waals surface area contributed by atoms with Gasteiger partial charge < -0.3 is 34.6 Å². The number of alkyl halides is 2. The minimum Gasteiger partial charge on any atom is -0.478 e. The van der Waals surface area contributed by atoms with Gasteiger partial charge in [0.15, 0.2) is 5.06 Å². The van der Waals surface area contributed by atoms with Gasteiger partial charge >= 0.3 is 17.9 Å². The summed E-state index contributed by atoms with van der Waals surface area (Å²) in [4.78, 5) is 34.2. The van der Waals surface area contributed by atoms with Gasteiger partial charge in [0, 0.05) is 13.8 Å². The number of carboxylic acid groups (broad SMARTS) is 3. The van der Waals surface area contributed by atoms with Crippen LogP contribution in [-0.2, 0) is 33.3 Å². The molecule has 1 rings (SSSR count). The van der Waals surface area contributed by atoms with Crippen LogP contribution in [0.25, 0.3) is 0 Å². The molecule has 1 saturated heterocycles. The lowest BCUT2D eigenvalue weighted by Gasteiger charge is -2.40. The number of carboxylic acids is 3. The number of rotatable bonds is 10. The molecule has 0 saturated carbocycles. The first-order valence-electron chi connectivity index (χ1n) is 6.96. The zero-order valence-corrected chi connectivity index (χ0v) is 15.6. The second kappa shape index (κ2) is 6.75. The fourth-order valence-corrected chi connectivity index (χ4v) is 2.17. The Hall–Kier alpha value is -1.21. The number of hydrogen-bond donors (Lipinski definition) is 4. The second-order valence-corrected chi connectivity index (χ2v) is 7.46. The molecule has 1 aliphatic rings. The lowest BCUT2D eigenvalue weighted by atomic mass is 10.2. The summed E-state index contributed by atoms with van der Waals surface area (Å²) >= 11 is 11.5. The van der Waals surface area contributed by atoms with Crippen LogP contribution < -0.4 is 0 Å². The molecule has 13 heteroatoms. The van der Waals surface area contributed by atoms with Crippen molar-refractivity contribution < 1.29 is 53.8 Å². The van der Waals surface area contributed by atoms with Crippen molar-refractivity contribution >= 4 is 41.1 Å². The van der Waals surface area contributed by atoms with Crippen molar-refractivity contribution in [2.75, 3.05) is 6.61 Å². The molecule has 26 heavy (non-hydrogen) atoms. The molecular weight excluding hydrogens is 403 g/mol. The lowest BCUT2D eigenvalue weighted by molar-refractivity contribution is -0.360. The molecule has 0 aliphatic carbocycles. The third-order valence-corrected chi connectivity index (χ3v) is 4.05. The normalized spacial score (nSPS) is 28.7. The summed E-state index contributed by atoms with van der Waals surface area (Å²) in [6.07, 6.45) is 0. The Balaban J connectivity index is 3.20. The van der Waals surface area contributed by atoms with Gasteiger partial charge in [-0.05, 0) is 13.8 Å². The van der Waals surface area contributed by atoms with E-state index in [1.165, 1.54) is 0 Å². The van der Waals surface area contributed by atoms with E-state index in [4.69, 9.17) is 42.5 Å². The molecule has 5 atom stereocenters. The second-order valence-electron chi connectivity index (χ2n) is 6.02. The van der Waals surface area contributed by atoms with Gasteiger partial charge in [-0.15, -0.1) is 0 Å². The first-order chi connectivity index (χ1) is 11.4. The van der Waals surface area contributed by atoms with Gasteiger partial charge in [-0.25, -0.2) is 14.4 Å². The molecule has 0 bridgehead atoms. The van der Waals surface area contributed by atoms with Crippen LogP contribution >= 0.6 is 23.2 Å². The molecule has 0 amide bonds. The maximum Gasteiger partial charge on any atom is 0.364 e. The summed E-state index contributed by atoms with van der Waals surface area (Å²) in [5.41, 5.74) is 0. The highest BCUT2D eigenvalue weighted by atomic mass is 35.5. The summed E-state index contributed by atoms with van der Waals surface area (Å²) in [5.74, 6) is -13.2. The van der Waals surface area contributed by atoms with E-state index in [0.717, 1.165) is 27.7 Å². The zero-order valence-electron chi connectivity index (χ0n) is 14.1. The van der Waals surface area contributed by atoms with Gasteiger partial charge in [-0.2, -0.15) is 0 Å². The quantitative estimate of drug-likeness (QED) is 0.218. The Bertz CT molecular complexity index is 615. The molecule has 0 radical (unpaired) electrons. The van der Waals surface area contributed by atoms with Crippen molar-refractivity contribution in [1.82, 2.24) is 0 Å². The molecule has 0 spiro atoms. The molecule has 150 valence electrons. The summed E-state index contributed by atoms with van der Waals surface area (Å²) in [6, 6.07) is 0. The SMILES string of the molecule is CC(Cl)(OC(C)(OC(C)(OC(C)(Cl)C1(O)CO1)C(=O)O)C(=O)O)C(=O)O. The van der Waals surface area contributed by atoms with Crippen molar-refractivity contribution in [2.24, 2.45) is 0 Å². The Morgan fingerprint density at radius 1 is 0.885 bits per heavy atom. The van der Waals surface area contributed by atoms with E-state index in [1.54, 1.807) is 0 Å². The van der Waals surface area contributed by atoms with E-state index in [0.29, 0.717) is 0 Å². The molecule has 11 nitrogen and oxygen atoms in total.